The molecule has 0 aliphatic carbocycles. The van der Waals surface area contributed by atoms with E-state index < -0.39 is 0 Å². The summed E-state index contributed by atoms with van der Waals surface area (Å²) in [6.07, 6.45) is 6.61. The monoisotopic (exact) mass is 215 g/mol. The minimum Gasteiger partial charge on any atom is -0.383 e. The quantitative estimate of drug-likeness (QED) is 0.604. The molecule has 15 heavy (non-hydrogen) atoms. The van der Waals surface area contributed by atoms with E-state index in [1.165, 1.54) is 32.1 Å². The van der Waals surface area contributed by atoms with Crippen molar-refractivity contribution in [2.45, 2.75) is 58.9 Å². The van der Waals surface area contributed by atoms with Gasteiger partial charge in [0.1, 0.15) is 0 Å². The van der Waals surface area contributed by atoms with Crippen LogP contribution in [-0.2, 0) is 4.74 Å². The highest BCUT2D eigenvalue weighted by Crippen LogP contribution is 2.18. The molecule has 0 aromatic rings. The van der Waals surface area contributed by atoms with Crippen molar-refractivity contribution in [2.24, 2.45) is 5.92 Å². The van der Waals surface area contributed by atoms with Crippen LogP contribution in [0.4, 0.5) is 0 Å². The second-order valence-corrected chi connectivity index (χ2v) is 4.36. The van der Waals surface area contributed by atoms with E-state index in [9.17, 15) is 0 Å². The van der Waals surface area contributed by atoms with E-state index in [1.54, 1.807) is 7.11 Å². The summed E-state index contributed by atoms with van der Waals surface area (Å²) in [5, 5.41) is 3.50. The van der Waals surface area contributed by atoms with E-state index in [-0.39, 0.29) is 0 Å². The number of methoxy groups -OCH3 is 1. The van der Waals surface area contributed by atoms with Gasteiger partial charge in [-0.15, -0.1) is 0 Å². The Bertz CT molecular complexity index is 122. The van der Waals surface area contributed by atoms with E-state index in [0.29, 0.717) is 6.04 Å². The summed E-state index contributed by atoms with van der Waals surface area (Å²) >= 11 is 0. The predicted molar refractivity (Wildman–Crippen MR) is 67.3 cm³/mol. The molecule has 2 nitrogen and oxygen atoms in total. The van der Waals surface area contributed by atoms with Crippen LogP contribution in [0.3, 0.4) is 0 Å². The fourth-order valence-corrected chi connectivity index (χ4v) is 2.08. The molecule has 92 valence electrons. The first-order chi connectivity index (χ1) is 7.28. The van der Waals surface area contributed by atoms with Crippen molar-refractivity contribution in [3.05, 3.63) is 0 Å². The van der Waals surface area contributed by atoms with Gasteiger partial charge < -0.3 is 10.1 Å². The van der Waals surface area contributed by atoms with E-state index >= 15 is 0 Å². The lowest BCUT2D eigenvalue weighted by atomic mass is 9.92. The summed E-state index contributed by atoms with van der Waals surface area (Å²) in [5.41, 5.74) is 0. The van der Waals surface area contributed by atoms with Crippen molar-refractivity contribution in [3.63, 3.8) is 0 Å². The standard InChI is InChI=1S/C13H29NO/c1-5-8-9-12(6-2)10-13(11-15-4)14-7-3/h12-14H,5-11H2,1-4H3. The van der Waals surface area contributed by atoms with Crippen molar-refractivity contribution < 1.29 is 4.74 Å². The van der Waals surface area contributed by atoms with Gasteiger partial charge in [-0.05, 0) is 18.9 Å². The molecule has 0 aromatic carbocycles. The molecule has 0 radical (unpaired) electrons. The summed E-state index contributed by atoms with van der Waals surface area (Å²) in [5.74, 6) is 0.865. The SMILES string of the molecule is CCCCC(CC)CC(COC)NCC. The third-order valence-corrected chi connectivity index (χ3v) is 3.02. The van der Waals surface area contributed by atoms with Gasteiger partial charge in [-0.1, -0.05) is 46.5 Å². The molecule has 1 N–H and O–H groups in total. The van der Waals surface area contributed by atoms with Crippen LogP contribution in [-0.4, -0.2) is 26.3 Å². The zero-order valence-corrected chi connectivity index (χ0v) is 11.0. The molecular formula is C13H29NO. The first-order valence-corrected chi connectivity index (χ1v) is 6.50. The third kappa shape index (κ3) is 7.80. The van der Waals surface area contributed by atoms with Gasteiger partial charge in [0.15, 0.2) is 0 Å². The summed E-state index contributed by atoms with van der Waals surface area (Å²) in [4.78, 5) is 0. The summed E-state index contributed by atoms with van der Waals surface area (Å²) < 4.78 is 5.24. The normalized spacial score (nSPS) is 15.2. The Hall–Kier alpha value is -0.0800. The highest BCUT2D eigenvalue weighted by molar-refractivity contribution is 4.70. The van der Waals surface area contributed by atoms with Gasteiger partial charge in [0, 0.05) is 13.2 Å². The van der Waals surface area contributed by atoms with E-state index in [2.05, 4.69) is 26.1 Å². The summed E-state index contributed by atoms with van der Waals surface area (Å²) in [6.45, 7) is 8.62. The fraction of sp³-hybridized carbons (Fsp3) is 1.00. The van der Waals surface area contributed by atoms with Crippen LogP contribution in [0.5, 0.6) is 0 Å². The smallest absolute Gasteiger partial charge is 0.0615 e. The van der Waals surface area contributed by atoms with Crippen molar-refractivity contribution in [1.29, 1.82) is 0 Å². The van der Waals surface area contributed by atoms with Crippen LogP contribution in [0.15, 0.2) is 0 Å². The maximum absolute atomic E-state index is 5.24. The Balaban J connectivity index is 3.85. The van der Waals surface area contributed by atoms with Gasteiger partial charge in [-0.25, -0.2) is 0 Å². The maximum Gasteiger partial charge on any atom is 0.0615 e. The molecule has 0 aromatic heterocycles. The first kappa shape index (κ1) is 14.9. The fourth-order valence-electron chi connectivity index (χ4n) is 2.08. The van der Waals surface area contributed by atoms with Gasteiger partial charge in [-0.3, -0.25) is 0 Å². The zero-order valence-electron chi connectivity index (χ0n) is 11.0. The summed E-state index contributed by atoms with van der Waals surface area (Å²) in [7, 11) is 1.79. The number of hydrogen-bond acceptors (Lipinski definition) is 2. The van der Waals surface area contributed by atoms with Crippen molar-refractivity contribution in [1.82, 2.24) is 5.32 Å². The highest BCUT2D eigenvalue weighted by atomic mass is 16.5. The molecule has 0 heterocycles. The second kappa shape index (κ2) is 10.4. The number of rotatable bonds is 10. The average Bonchev–Trinajstić information content (AvgIpc) is 2.24. The Kier molecular flexibility index (Phi) is 10.4. The van der Waals surface area contributed by atoms with Crippen LogP contribution in [0.1, 0.15) is 52.9 Å². The van der Waals surface area contributed by atoms with Crippen molar-refractivity contribution in [3.8, 4) is 0 Å². The molecule has 0 aliphatic rings. The number of nitrogens with one attached hydrogen (secondary N) is 1. The molecule has 0 spiro atoms. The Morgan fingerprint density at radius 1 is 1.20 bits per heavy atom. The van der Waals surface area contributed by atoms with Gasteiger partial charge in [-0.2, -0.15) is 0 Å². The minimum atomic E-state index is 0.543. The second-order valence-electron chi connectivity index (χ2n) is 4.36. The Morgan fingerprint density at radius 3 is 2.40 bits per heavy atom. The molecule has 0 aliphatic heterocycles. The largest absolute Gasteiger partial charge is 0.383 e. The molecular weight excluding hydrogens is 186 g/mol. The maximum atomic E-state index is 5.24. The number of ether oxygens (including phenoxy) is 1. The van der Waals surface area contributed by atoms with Crippen LogP contribution in [0.2, 0.25) is 0 Å². The lowest BCUT2D eigenvalue weighted by molar-refractivity contribution is 0.152. The van der Waals surface area contributed by atoms with Crippen LogP contribution < -0.4 is 5.32 Å². The van der Waals surface area contributed by atoms with Crippen LogP contribution in [0, 0.1) is 5.92 Å². The minimum absolute atomic E-state index is 0.543. The topological polar surface area (TPSA) is 21.3 Å². The summed E-state index contributed by atoms with van der Waals surface area (Å²) in [6, 6.07) is 0.543. The highest BCUT2D eigenvalue weighted by Gasteiger charge is 2.13. The number of hydrogen-bond donors (Lipinski definition) is 1. The first-order valence-electron chi connectivity index (χ1n) is 6.50. The molecule has 2 heteroatoms. The lowest BCUT2D eigenvalue weighted by Crippen LogP contribution is -2.34. The molecule has 0 bridgehead atoms. The predicted octanol–water partition coefficient (Wildman–Crippen LogP) is 3.22. The van der Waals surface area contributed by atoms with Crippen LogP contribution >= 0.6 is 0 Å². The van der Waals surface area contributed by atoms with E-state index in [4.69, 9.17) is 4.74 Å². The number of likely N-dealkylation sites (N-methyl/N-ethyl adjacent to an activating group) is 1. The Morgan fingerprint density at radius 2 is 1.93 bits per heavy atom. The molecule has 2 unspecified atom stereocenters. The van der Waals surface area contributed by atoms with Crippen molar-refractivity contribution >= 4 is 0 Å². The van der Waals surface area contributed by atoms with Gasteiger partial charge in [0.2, 0.25) is 0 Å². The van der Waals surface area contributed by atoms with Crippen LogP contribution in [0.25, 0.3) is 0 Å². The zero-order chi connectivity index (χ0) is 11.5. The van der Waals surface area contributed by atoms with Gasteiger partial charge in [0.05, 0.1) is 6.61 Å². The third-order valence-electron chi connectivity index (χ3n) is 3.02. The van der Waals surface area contributed by atoms with Gasteiger partial charge in [0.25, 0.3) is 0 Å². The van der Waals surface area contributed by atoms with E-state index in [0.717, 1.165) is 19.1 Å². The lowest BCUT2D eigenvalue weighted by Gasteiger charge is -2.22. The van der Waals surface area contributed by atoms with Gasteiger partial charge >= 0.3 is 0 Å². The number of unbranched alkanes of at least 4 members (excludes halogenated alkanes) is 1. The molecule has 0 rings (SSSR count). The molecule has 0 amide bonds. The molecule has 0 saturated carbocycles. The Labute approximate surface area is 95.8 Å². The molecule has 0 saturated heterocycles. The molecule has 2 atom stereocenters. The molecule has 0 fully saturated rings. The van der Waals surface area contributed by atoms with E-state index in [1.807, 2.05) is 0 Å². The van der Waals surface area contributed by atoms with Crippen molar-refractivity contribution in [2.75, 3.05) is 20.3 Å². The average molecular weight is 215 g/mol.